The maximum atomic E-state index is 14.1. The lowest BCUT2D eigenvalue weighted by Gasteiger charge is -2.39. The second kappa shape index (κ2) is 9.26. The molecule has 0 radical (unpaired) electrons. The first-order valence-electron chi connectivity index (χ1n) is 12.4. The average Bonchev–Trinajstić information content (AvgIpc) is 3.25. The molecule has 1 N–H and O–H groups in total. The van der Waals surface area contributed by atoms with Crippen LogP contribution in [0.1, 0.15) is 49.4 Å². The highest BCUT2D eigenvalue weighted by molar-refractivity contribution is 6.30. The van der Waals surface area contributed by atoms with Gasteiger partial charge in [-0.3, -0.25) is 0 Å². The molecule has 4 atom stereocenters. The van der Waals surface area contributed by atoms with Crippen molar-refractivity contribution in [3.05, 3.63) is 52.7 Å². The van der Waals surface area contributed by atoms with E-state index in [2.05, 4.69) is 20.4 Å². The monoisotopic (exact) mass is 497 g/mol. The molecule has 6 rings (SSSR count). The molecule has 0 spiro atoms. The highest BCUT2D eigenvalue weighted by Gasteiger charge is 2.43. The Kier molecular flexibility index (Phi) is 5.96. The number of piperidine rings is 1. The topological polar surface area (TPSA) is 81.0 Å². The van der Waals surface area contributed by atoms with Crippen LogP contribution in [-0.4, -0.2) is 51.2 Å². The summed E-state index contributed by atoms with van der Waals surface area (Å²) in [6.07, 6.45) is 7.14. The third-order valence-electron chi connectivity index (χ3n) is 7.73. The number of nitrogens with one attached hydrogen (secondary N) is 1. The molecular formula is C25H29ClFN7O. The van der Waals surface area contributed by atoms with Crippen molar-refractivity contribution in [2.24, 2.45) is 11.8 Å². The third kappa shape index (κ3) is 4.42. The smallest absolute Gasteiger partial charge is 0.242 e. The second-order valence-corrected chi connectivity index (χ2v) is 10.3. The molecule has 1 aromatic carbocycles. The molecule has 4 heterocycles. The zero-order valence-electron chi connectivity index (χ0n) is 19.7. The number of rotatable bonds is 5. The van der Waals surface area contributed by atoms with Gasteiger partial charge in [-0.25, -0.2) is 9.07 Å². The zero-order chi connectivity index (χ0) is 23.9. The number of hydrogen-bond acceptors (Lipinski definition) is 7. The first-order chi connectivity index (χ1) is 17.1. The van der Waals surface area contributed by atoms with Gasteiger partial charge in [-0.2, -0.15) is 10.1 Å². The standard InChI is InChI=1S/C25H29ClFN7O/c1-35-22-11-20(12-28-31-22)33-13-15-5-6-16(14-33)23(15)29-25-30-24-21(4-2-3-7-34(24)32-25)17-8-18(26)10-19(27)9-17/h8-12,15-16,21,23H,2-7,13-14H2,1H3,(H,29,32)/t15-,16+,21-,23?/m0/s1. The third-order valence-corrected chi connectivity index (χ3v) is 7.95. The van der Waals surface area contributed by atoms with Crippen LogP contribution < -0.4 is 15.0 Å². The molecule has 3 aromatic rings. The van der Waals surface area contributed by atoms with Gasteiger partial charge < -0.3 is 15.0 Å². The molecule has 1 saturated carbocycles. The molecule has 10 heteroatoms. The summed E-state index contributed by atoms with van der Waals surface area (Å²) in [7, 11) is 1.61. The van der Waals surface area contributed by atoms with Gasteiger partial charge in [0.2, 0.25) is 11.8 Å². The Labute approximate surface area is 208 Å². The maximum absolute atomic E-state index is 14.1. The van der Waals surface area contributed by atoms with E-state index >= 15 is 0 Å². The van der Waals surface area contributed by atoms with Crippen LogP contribution in [-0.2, 0) is 6.54 Å². The molecule has 0 amide bonds. The predicted octanol–water partition coefficient (Wildman–Crippen LogP) is 4.51. The summed E-state index contributed by atoms with van der Waals surface area (Å²) in [6.45, 7) is 2.72. The fourth-order valence-electron chi connectivity index (χ4n) is 6.10. The fourth-order valence-corrected chi connectivity index (χ4v) is 6.33. The van der Waals surface area contributed by atoms with Crippen molar-refractivity contribution in [2.45, 2.75) is 50.6 Å². The van der Waals surface area contributed by atoms with E-state index in [0.29, 0.717) is 34.7 Å². The van der Waals surface area contributed by atoms with E-state index in [9.17, 15) is 4.39 Å². The van der Waals surface area contributed by atoms with E-state index in [1.807, 2.05) is 23.0 Å². The number of methoxy groups -OCH3 is 1. The van der Waals surface area contributed by atoms with Crippen molar-refractivity contribution in [2.75, 3.05) is 30.4 Å². The van der Waals surface area contributed by atoms with Gasteiger partial charge in [0.15, 0.2) is 0 Å². The predicted molar refractivity (Wildman–Crippen MR) is 132 cm³/mol. The van der Waals surface area contributed by atoms with Crippen molar-refractivity contribution in [3.8, 4) is 5.88 Å². The molecule has 1 saturated heterocycles. The highest BCUT2D eigenvalue weighted by atomic mass is 35.5. The molecule has 2 aliphatic heterocycles. The van der Waals surface area contributed by atoms with Crippen molar-refractivity contribution < 1.29 is 9.13 Å². The van der Waals surface area contributed by atoms with Crippen molar-refractivity contribution in [1.82, 2.24) is 25.0 Å². The lowest BCUT2D eigenvalue weighted by Crippen LogP contribution is -2.48. The molecule has 3 aliphatic rings. The van der Waals surface area contributed by atoms with Crippen LogP contribution in [0.25, 0.3) is 0 Å². The second-order valence-electron chi connectivity index (χ2n) is 9.90. The number of benzene rings is 1. The van der Waals surface area contributed by atoms with Crippen LogP contribution in [0.2, 0.25) is 5.02 Å². The summed E-state index contributed by atoms with van der Waals surface area (Å²) in [4.78, 5) is 7.33. The molecule has 2 bridgehead atoms. The minimum atomic E-state index is -0.313. The van der Waals surface area contributed by atoms with Gasteiger partial charge in [0.05, 0.1) is 19.0 Å². The minimum absolute atomic E-state index is 0.0125. The Bertz CT molecular complexity index is 1190. The number of aryl methyl sites for hydroxylation is 1. The van der Waals surface area contributed by atoms with Gasteiger partial charge in [-0.15, -0.1) is 10.2 Å². The molecule has 2 aromatic heterocycles. The number of anilines is 2. The van der Waals surface area contributed by atoms with Gasteiger partial charge in [0.25, 0.3) is 0 Å². The molecule has 1 aliphatic carbocycles. The molecule has 8 nitrogen and oxygen atoms in total. The Hall–Kier alpha value is -2.94. The van der Waals surface area contributed by atoms with Crippen LogP contribution in [0.4, 0.5) is 16.0 Å². The summed E-state index contributed by atoms with van der Waals surface area (Å²) in [5.74, 6) is 2.77. The summed E-state index contributed by atoms with van der Waals surface area (Å²) in [5.41, 5.74) is 1.92. The number of aromatic nitrogens is 5. The van der Waals surface area contributed by atoms with E-state index < -0.39 is 0 Å². The molecule has 184 valence electrons. The molecule has 1 unspecified atom stereocenters. The van der Waals surface area contributed by atoms with Crippen LogP contribution in [0, 0.1) is 17.7 Å². The summed E-state index contributed by atoms with van der Waals surface area (Å²) >= 11 is 6.17. The number of fused-ring (bicyclic) bond motifs is 3. The molecule has 2 fully saturated rings. The Morgan fingerprint density at radius 2 is 1.91 bits per heavy atom. The van der Waals surface area contributed by atoms with Crippen molar-refractivity contribution >= 4 is 23.2 Å². The molecule has 35 heavy (non-hydrogen) atoms. The Morgan fingerprint density at radius 1 is 1.09 bits per heavy atom. The Balaban J connectivity index is 1.21. The number of hydrogen-bond donors (Lipinski definition) is 1. The molecular weight excluding hydrogens is 469 g/mol. The Morgan fingerprint density at radius 3 is 2.69 bits per heavy atom. The summed E-state index contributed by atoms with van der Waals surface area (Å²) in [5, 5.41) is 17.0. The van der Waals surface area contributed by atoms with Gasteiger partial charge in [-0.05, 0) is 61.3 Å². The van der Waals surface area contributed by atoms with Gasteiger partial charge in [0.1, 0.15) is 11.6 Å². The van der Waals surface area contributed by atoms with Crippen molar-refractivity contribution in [3.63, 3.8) is 0 Å². The largest absolute Gasteiger partial charge is 0.480 e. The fraction of sp³-hybridized carbons (Fsp3) is 0.520. The van der Waals surface area contributed by atoms with Gasteiger partial charge in [0, 0.05) is 42.7 Å². The number of ether oxygens (including phenoxy) is 1. The average molecular weight is 498 g/mol. The van der Waals surface area contributed by atoms with Crippen LogP contribution in [0.3, 0.4) is 0 Å². The number of halogens is 2. The normalized spacial score (nSPS) is 25.7. The van der Waals surface area contributed by atoms with E-state index in [0.717, 1.165) is 56.0 Å². The first kappa shape index (κ1) is 22.5. The van der Waals surface area contributed by atoms with Gasteiger partial charge >= 0.3 is 0 Å². The van der Waals surface area contributed by atoms with Crippen LogP contribution >= 0.6 is 11.6 Å². The van der Waals surface area contributed by atoms with Crippen LogP contribution in [0.15, 0.2) is 30.5 Å². The van der Waals surface area contributed by atoms with Crippen molar-refractivity contribution in [1.29, 1.82) is 0 Å². The summed E-state index contributed by atoms with van der Waals surface area (Å²) < 4.78 is 21.4. The first-order valence-corrected chi connectivity index (χ1v) is 12.7. The SMILES string of the molecule is COc1cc(N2C[C@H]3CC[C@@H](C2)C3Nc2nc3n(n2)CCCC[C@H]3c2cc(F)cc(Cl)c2)cnn1. The van der Waals surface area contributed by atoms with E-state index in [1.165, 1.54) is 18.9 Å². The summed E-state index contributed by atoms with van der Waals surface area (Å²) in [6, 6.07) is 7.06. The lowest BCUT2D eigenvalue weighted by molar-refractivity contribution is 0.372. The van der Waals surface area contributed by atoms with Gasteiger partial charge in [-0.1, -0.05) is 18.0 Å². The van der Waals surface area contributed by atoms with E-state index in [-0.39, 0.29) is 11.7 Å². The zero-order valence-corrected chi connectivity index (χ0v) is 20.5. The van der Waals surface area contributed by atoms with Crippen LogP contribution in [0.5, 0.6) is 5.88 Å². The minimum Gasteiger partial charge on any atom is -0.480 e. The van der Waals surface area contributed by atoms with E-state index in [4.69, 9.17) is 26.4 Å². The quantitative estimate of drug-likeness (QED) is 0.555. The highest BCUT2D eigenvalue weighted by Crippen LogP contribution is 2.41. The maximum Gasteiger partial charge on any atom is 0.242 e. The lowest BCUT2D eigenvalue weighted by atomic mass is 9.92. The van der Waals surface area contributed by atoms with E-state index in [1.54, 1.807) is 13.2 Å². The number of nitrogens with zero attached hydrogens (tertiary/aromatic N) is 6.